The van der Waals surface area contributed by atoms with E-state index in [0.29, 0.717) is 6.54 Å². The minimum atomic E-state index is -0.532. The Kier molecular flexibility index (Phi) is 4.74. The first-order valence-corrected chi connectivity index (χ1v) is 6.97. The highest BCUT2D eigenvalue weighted by molar-refractivity contribution is 5.85. The van der Waals surface area contributed by atoms with Crippen molar-refractivity contribution in [2.24, 2.45) is 5.73 Å². The molecular formula is C15H21N3O2. The average Bonchev–Trinajstić information content (AvgIpc) is 2.62. The molecule has 0 bridgehead atoms. The van der Waals surface area contributed by atoms with Crippen molar-refractivity contribution in [1.29, 1.82) is 0 Å². The van der Waals surface area contributed by atoms with E-state index in [1.54, 1.807) is 6.92 Å². The van der Waals surface area contributed by atoms with Crippen molar-refractivity contribution in [3.05, 3.63) is 35.9 Å². The van der Waals surface area contributed by atoms with Crippen LogP contribution in [-0.4, -0.2) is 30.4 Å². The monoisotopic (exact) mass is 275 g/mol. The number of benzene rings is 1. The van der Waals surface area contributed by atoms with Gasteiger partial charge in [-0.25, -0.2) is 0 Å². The minimum absolute atomic E-state index is 0.0560. The van der Waals surface area contributed by atoms with Crippen LogP contribution in [0, 0.1) is 0 Å². The second-order valence-electron chi connectivity index (χ2n) is 5.22. The summed E-state index contributed by atoms with van der Waals surface area (Å²) in [6.07, 6.45) is 1.82. The number of hydrogen-bond acceptors (Lipinski definition) is 3. The Morgan fingerprint density at radius 3 is 2.75 bits per heavy atom. The Labute approximate surface area is 118 Å². The fourth-order valence-corrected chi connectivity index (χ4v) is 2.60. The number of nitrogens with one attached hydrogen (secondary N) is 2. The molecule has 1 aromatic carbocycles. The normalized spacial score (nSPS) is 24.6. The summed E-state index contributed by atoms with van der Waals surface area (Å²) in [6.45, 7) is 2.36. The molecule has 0 radical (unpaired) electrons. The Balaban J connectivity index is 2.24. The lowest BCUT2D eigenvalue weighted by atomic mass is 9.87. The van der Waals surface area contributed by atoms with Crippen molar-refractivity contribution < 1.29 is 9.59 Å². The predicted molar refractivity (Wildman–Crippen MR) is 77.0 cm³/mol. The fraction of sp³-hybridized carbons (Fsp3) is 0.467. The van der Waals surface area contributed by atoms with Crippen LogP contribution in [-0.2, 0) is 9.59 Å². The molecule has 108 valence electrons. The standard InChI is InChI=1S/C15H21N3O2/c1-10(14(16)19)18-13-12(8-5-9-17-15(13)20)11-6-3-2-4-7-11/h2-4,6-7,10,12-13,18H,5,8-9H2,1H3,(H2,16,19)(H,17,20)/t10-,12+,13-/m0/s1. The highest BCUT2D eigenvalue weighted by atomic mass is 16.2. The third-order valence-electron chi connectivity index (χ3n) is 3.76. The van der Waals surface area contributed by atoms with Crippen LogP contribution in [0.2, 0.25) is 0 Å². The van der Waals surface area contributed by atoms with Gasteiger partial charge in [-0.05, 0) is 25.3 Å². The molecule has 1 aromatic rings. The topological polar surface area (TPSA) is 84.2 Å². The predicted octanol–water partition coefficient (Wildman–Crippen LogP) is 0.512. The second-order valence-corrected chi connectivity index (χ2v) is 5.22. The highest BCUT2D eigenvalue weighted by Crippen LogP contribution is 2.27. The van der Waals surface area contributed by atoms with Gasteiger partial charge in [0.15, 0.2) is 0 Å². The van der Waals surface area contributed by atoms with Gasteiger partial charge in [-0.2, -0.15) is 0 Å². The van der Waals surface area contributed by atoms with E-state index in [1.165, 1.54) is 0 Å². The molecule has 5 nitrogen and oxygen atoms in total. The quantitative estimate of drug-likeness (QED) is 0.748. The van der Waals surface area contributed by atoms with Gasteiger partial charge in [0.05, 0.1) is 12.1 Å². The molecule has 5 heteroatoms. The lowest BCUT2D eigenvalue weighted by Gasteiger charge is -2.27. The molecule has 0 aromatic heterocycles. The van der Waals surface area contributed by atoms with E-state index >= 15 is 0 Å². The summed E-state index contributed by atoms with van der Waals surface area (Å²) >= 11 is 0. The van der Waals surface area contributed by atoms with Crippen molar-refractivity contribution in [2.75, 3.05) is 6.54 Å². The van der Waals surface area contributed by atoms with Gasteiger partial charge in [0, 0.05) is 12.5 Å². The molecule has 0 aliphatic carbocycles. The van der Waals surface area contributed by atoms with Crippen LogP contribution in [0.15, 0.2) is 30.3 Å². The number of primary amides is 1. The molecule has 2 amide bonds. The number of carbonyl (C=O) groups excluding carboxylic acids is 2. The zero-order valence-corrected chi connectivity index (χ0v) is 11.6. The number of carbonyl (C=O) groups is 2. The Morgan fingerprint density at radius 1 is 1.40 bits per heavy atom. The van der Waals surface area contributed by atoms with E-state index in [9.17, 15) is 9.59 Å². The molecule has 20 heavy (non-hydrogen) atoms. The van der Waals surface area contributed by atoms with Crippen molar-refractivity contribution in [3.8, 4) is 0 Å². The van der Waals surface area contributed by atoms with Crippen LogP contribution < -0.4 is 16.4 Å². The van der Waals surface area contributed by atoms with Gasteiger partial charge in [-0.3, -0.25) is 14.9 Å². The van der Waals surface area contributed by atoms with E-state index in [1.807, 2.05) is 30.3 Å². The second kappa shape index (κ2) is 6.52. The maximum atomic E-state index is 12.2. The molecule has 0 unspecified atom stereocenters. The van der Waals surface area contributed by atoms with Crippen LogP contribution in [0.25, 0.3) is 0 Å². The maximum absolute atomic E-state index is 12.2. The molecule has 1 aliphatic heterocycles. The molecule has 1 heterocycles. The van der Waals surface area contributed by atoms with Crippen molar-refractivity contribution in [3.63, 3.8) is 0 Å². The number of hydrogen-bond donors (Lipinski definition) is 3. The Bertz CT molecular complexity index is 475. The van der Waals surface area contributed by atoms with Gasteiger partial charge in [0.1, 0.15) is 0 Å². The summed E-state index contributed by atoms with van der Waals surface area (Å²) < 4.78 is 0. The first kappa shape index (κ1) is 14.5. The first-order chi connectivity index (χ1) is 9.59. The Hall–Kier alpha value is -1.88. The van der Waals surface area contributed by atoms with Crippen LogP contribution in [0.4, 0.5) is 0 Å². The van der Waals surface area contributed by atoms with Crippen LogP contribution in [0.3, 0.4) is 0 Å². The Morgan fingerprint density at radius 2 is 2.10 bits per heavy atom. The molecule has 1 aliphatic rings. The molecule has 2 rings (SSSR count). The number of nitrogens with two attached hydrogens (primary N) is 1. The molecule has 1 fully saturated rings. The van der Waals surface area contributed by atoms with E-state index in [-0.39, 0.29) is 11.8 Å². The van der Waals surface area contributed by atoms with Crippen LogP contribution in [0.1, 0.15) is 31.2 Å². The minimum Gasteiger partial charge on any atom is -0.368 e. The molecule has 0 saturated carbocycles. The maximum Gasteiger partial charge on any atom is 0.237 e. The molecule has 1 saturated heterocycles. The zero-order chi connectivity index (χ0) is 14.5. The molecular weight excluding hydrogens is 254 g/mol. The fourth-order valence-electron chi connectivity index (χ4n) is 2.60. The largest absolute Gasteiger partial charge is 0.368 e. The van der Waals surface area contributed by atoms with E-state index in [4.69, 9.17) is 5.73 Å². The summed E-state index contributed by atoms with van der Waals surface area (Å²) in [6, 6.07) is 8.96. The van der Waals surface area contributed by atoms with Crippen LogP contribution >= 0.6 is 0 Å². The lowest BCUT2D eigenvalue weighted by Crippen LogP contribution is -2.53. The van der Waals surface area contributed by atoms with E-state index in [0.717, 1.165) is 18.4 Å². The molecule has 4 N–H and O–H groups in total. The molecule has 3 atom stereocenters. The highest BCUT2D eigenvalue weighted by Gasteiger charge is 2.32. The number of rotatable bonds is 4. The van der Waals surface area contributed by atoms with E-state index < -0.39 is 18.0 Å². The molecule has 0 spiro atoms. The third kappa shape index (κ3) is 3.36. The van der Waals surface area contributed by atoms with Crippen molar-refractivity contribution in [2.45, 2.75) is 37.8 Å². The van der Waals surface area contributed by atoms with Gasteiger partial charge < -0.3 is 11.1 Å². The van der Waals surface area contributed by atoms with Gasteiger partial charge in [0.2, 0.25) is 11.8 Å². The summed E-state index contributed by atoms with van der Waals surface area (Å²) in [4.78, 5) is 23.5. The van der Waals surface area contributed by atoms with Gasteiger partial charge >= 0.3 is 0 Å². The summed E-state index contributed by atoms with van der Waals surface area (Å²) in [7, 11) is 0. The van der Waals surface area contributed by atoms with Crippen LogP contribution in [0.5, 0.6) is 0 Å². The number of amides is 2. The average molecular weight is 275 g/mol. The lowest BCUT2D eigenvalue weighted by molar-refractivity contribution is -0.124. The summed E-state index contributed by atoms with van der Waals surface area (Å²) in [5.74, 6) is -0.459. The summed E-state index contributed by atoms with van der Waals surface area (Å²) in [5.41, 5.74) is 6.40. The van der Waals surface area contributed by atoms with Gasteiger partial charge in [0.25, 0.3) is 0 Å². The zero-order valence-electron chi connectivity index (χ0n) is 11.6. The first-order valence-electron chi connectivity index (χ1n) is 6.97. The smallest absolute Gasteiger partial charge is 0.237 e. The SMILES string of the molecule is C[C@H](N[C@@H]1C(=O)NCCC[C@@H]1c1ccccc1)C(N)=O. The summed E-state index contributed by atoms with van der Waals surface area (Å²) in [5, 5.41) is 5.96. The van der Waals surface area contributed by atoms with Crippen molar-refractivity contribution >= 4 is 11.8 Å². The van der Waals surface area contributed by atoms with E-state index in [2.05, 4.69) is 10.6 Å². The third-order valence-corrected chi connectivity index (χ3v) is 3.76. The van der Waals surface area contributed by atoms with Gasteiger partial charge in [-0.1, -0.05) is 30.3 Å². The van der Waals surface area contributed by atoms with Crippen molar-refractivity contribution in [1.82, 2.24) is 10.6 Å². The van der Waals surface area contributed by atoms with Gasteiger partial charge in [-0.15, -0.1) is 0 Å².